The summed E-state index contributed by atoms with van der Waals surface area (Å²) >= 11 is 0. The lowest BCUT2D eigenvalue weighted by atomic mass is 10.1. The molecule has 114 valence electrons. The van der Waals surface area contributed by atoms with Crippen LogP contribution in [0.2, 0.25) is 0 Å². The third-order valence-electron chi connectivity index (χ3n) is 3.13. The number of hydrogen-bond acceptors (Lipinski definition) is 5. The molecule has 0 saturated heterocycles. The second-order valence-corrected chi connectivity index (χ2v) is 4.91. The first-order valence-corrected chi connectivity index (χ1v) is 6.69. The second kappa shape index (κ2) is 5.95. The van der Waals surface area contributed by atoms with Crippen molar-refractivity contribution in [3.8, 4) is 28.4 Å². The molecule has 0 amide bonds. The van der Waals surface area contributed by atoms with Crippen LogP contribution in [-0.4, -0.2) is 30.1 Å². The number of methoxy groups -OCH3 is 2. The average molecular weight is 291 g/mol. The number of aryl methyl sites for hydroxylation is 1. The predicted molar refractivity (Wildman–Crippen MR) is 81.9 cm³/mol. The van der Waals surface area contributed by atoms with Crippen molar-refractivity contribution in [1.82, 2.24) is 9.78 Å². The molecule has 2 rings (SSSR count). The molecule has 6 nitrogen and oxygen atoms in total. The van der Waals surface area contributed by atoms with E-state index in [2.05, 4.69) is 5.10 Å². The van der Waals surface area contributed by atoms with Gasteiger partial charge in [0, 0.05) is 18.2 Å². The maximum absolute atomic E-state index is 6.07. The van der Waals surface area contributed by atoms with Crippen LogP contribution in [0.4, 0.5) is 5.82 Å². The largest absolute Gasteiger partial charge is 0.493 e. The maximum atomic E-state index is 6.07. The Labute approximate surface area is 124 Å². The molecule has 2 aromatic rings. The molecule has 0 fully saturated rings. The van der Waals surface area contributed by atoms with Gasteiger partial charge in [0.15, 0.2) is 11.5 Å². The van der Waals surface area contributed by atoms with Gasteiger partial charge in [-0.3, -0.25) is 4.68 Å². The van der Waals surface area contributed by atoms with E-state index < -0.39 is 0 Å². The van der Waals surface area contributed by atoms with Crippen LogP contribution in [0.3, 0.4) is 0 Å². The molecule has 0 spiro atoms. The van der Waals surface area contributed by atoms with Crippen molar-refractivity contribution < 1.29 is 14.2 Å². The summed E-state index contributed by atoms with van der Waals surface area (Å²) in [5.74, 6) is 2.33. The lowest BCUT2D eigenvalue weighted by Crippen LogP contribution is -2.09. The summed E-state index contributed by atoms with van der Waals surface area (Å²) in [5, 5.41) is 4.17. The molecule has 1 aromatic heterocycles. The zero-order valence-electron chi connectivity index (χ0n) is 13.0. The average Bonchev–Trinajstić information content (AvgIpc) is 2.78. The molecule has 0 aliphatic heterocycles. The van der Waals surface area contributed by atoms with Gasteiger partial charge in [0.05, 0.1) is 26.5 Å². The highest BCUT2D eigenvalue weighted by Crippen LogP contribution is 2.46. The summed E-state index contributed by atoms with van der Waals surface area (Å²) < 4.78 is 18.3. The van der Waals surface area contributed by atoms with Crippen molar-refractivity contribution in [2.75, 3.05) is 20.0 Å². The van der Waals surface area contributed by atoms with Crippen LogP contribution >= 0.6 is 0 Å². The number of hydrogen-bond donors (Lipinski definition) is 1. The van der Waals surface area contributed by atoms with Gasteiger partial charge in [-0.1, -0.05) is 0 Å². The highest BCUT2D eigenvalue weighted by atomic mass is 16.5. The fourth-order valence-electron chi connectivity index (χ4n) is 2.12. The predicted octanol–water partition coefficient (Wildman–Crippen LogP) is 2.47. The summed E-state index contributed by atoms with van der Waals surface area (Å²) in [6.07, 6.45) is 1.70. The molecular weight excluding hydrogens is 270 g/mol. The van der Waals surface area contributed by atoms with Crippen molar-refractivity contribution >= 4 is 5.82 Å². The van der Waals surface area contributed by atoms with Crippen LogP contribution in [0.1, 0.15) is 13.8 Å². The van der Waals surface area contributed by atoms with Gasteiger partial charge in [0.25, 0.3) is 0 Å². The van der Waals surface area contributed by atoms with Crippen LogP contribution in [0.15, 0.2) is 18.3 Å². The van der Waals surface area contributed by atoms with E-state index in [0.29, 0.717) is 23.1 Å². The molecule has 1 aromatic carbocycles. The fourth-order valence-corrected chi connectivity index (χ4v) is 2.12. The molecule has 0 bridgehead atoms. The number of aromatic nitrogens is 2. The van der Waals surface area contributed by atoms with E-state index in [1.54, 1.807) is 32.1 Å². The van der Waals surface area contributed by atoms with Gasteiger partial charge >= 0.3 is 0 Å². The third-order valence-corrected chi connectivity index (χ3v) is 3.13. The first-order valence-electron chi connectivity index (χ1n) is 6.69. The topological polar surface area (TPSA) is 71.5 Å². The molecule has 0 unspecified atom stereocenters. The van der Waals surface area contributed by atoms with Gasteiger partial charge in [0.2, 0.25) is 5.75 Å². The Bertz CT molecular complexity index is 635. The molecule has 0 atom stereocenters. The molecule has 2 N–H and O–H groups in total. The number of nitrogens with two attached hydrogens (primary N) is 1. The molecule has 0 aliphatic carbocycles. The molecule has 0 aliphatic rings. The lowest BCUT2D eigenvalue weighted by Gasteiger charge is -2.19. The first-order chi connectivity index (χ1) is 9.99. The van der Waals surface area contributed by atoms with Crippen molar-refractivity contribution in [2.24, 2.45) is 7.05 Å². The second-order valence-electron chi connectivity index (χ2n) is 4.91. The minimum Gasteiger partial charge on any atom is -0.493 e. The summed E-state index contributed by atoms with van der Waals surface area (Å²) in [6.45, 7) is 3.91. The maximum Gasteiger partial charge on any atom is 0.203 e. The Kier molecular flexibility index (Phi) is 4.26. The number of nitrogen functional groups attached to an aromatic ring is 1. The van der Waals surface area contributed by atoms with Gasteiger partial charge in [0.1, 0.15) is 5.82 Å². The highest BCUT2D eigenvalue weighted by molar-refractivity contribution is 5.82. The molecule has 6 heteroatoms. The number of ether oxygens (including phenoxy) is 3. The fraction of sp³-hybridized carbons (Fsp3) is 0.400. The molecule has 1 heterocycles. The normalized spacial score (nSPS) is 10.8. The van der Waals surface area contributed by atoms with E-state index in [9.17, 15) is 0 Å². The minimum absolute atomic E-state index is 0.0114. The zero-order valence-corrected chi connectivity index (χ0v) is 13.0. The van der Waals surface area contributed by atoms with Gasteiger partial charge in [-0.25, -0.2) is 0 Å². The van der Waals surface area contributed by atoms with Crippen molar-refractivity contribution in [3.05, 3.63) is 18.3 Å². The van der Waals surface area contributed by atoms with Crippen LogP contribution in [0, 0.1) is 0 Å². The summed E-state index contributed by atoms with van der Waals surface area (Å²) in [5.41, 5.74) is 7.70. The monoisotopic (exact) mass is 291 g/mol. The molecule has 0 radical (unpaired) electrons. The lowest BCUT2D eigenvalue weighted by molar-refractivity contribution is 0.227. The molecule has 21 heavy (non-hydrogen) atoms. The first kappa shape index (κ1) is 15.0. The summed E-state index contributed by atoms with van der Waals surface area (Å²) in [4.78, 5) is 0. The molecular formula is C15H21N3O3. The quantitative estimate of drug-likeness (QED) is 0.916. The minimum atomic E-state index is -0.0114. The van der Waals surface area contributed by atoms with Gasteiger partial charge in [-0.2, -0.15) is 5.10 Å². The van der Waals surface area contributed by atoms with Crippen LogP contribution < -0.4 is 19.9 Å². The number of rotatable bonds is 5. The SMILES string of the molecule is COc1ccc(-c2cnn(C)c2N)c(OC(C)C)c1OC. The zero-order chi connectivity index (χ0) is 15.6. The Morgan fingerprint density at radius 2 is 1.81 bits per heavy atom. The Morgan fingerprint density at radius 1 is 1.10 bits per heavy atom. The Balaban J connectivity index is 2.67. The number of nitrogens with zero attached hydrogens (tertiary/aromatic N) is 2. The smallest absolute Gasteiger partial charge is 0.203 e. The van der Waals surface area contributed by atoms with Crippen molar-refractivity contribution in [3.63, 3.8) is 0 Å². The van der Waals surface area contributed by atoms with Gasteiger partial charge in [-0.05, 0) is 26.0 Å². The van der Waals surface area contributed by atoms with Crippen LogP contribution in [0.25, 0.3) is 11.1 Å². The molecule has 0 saturated carbocycles. The standard InChI is InChI=1S/C15H21N3O3/c1-9(2)21-13-10(11-8-17-18(3)15(11)16)6-7-12(19-4)14(13)20-5/h6-9H,16H2,1-5H3. The van der Waals surface area contributed by atoms with E-state index in [1.165, 1.54) is 0 Å². The van der Waals surface area contributed by atoms with E-state index in [4.69, 9.17) is 19.9 Å². The van der Waals surface area contributed by atoms with Crippen LogP contribution in [0.5, 0.6) is 17.2 Å². The van der Waals surface area contributed by atoms with E-state index >= 15 is 0 Å². The number of anilines is 1. The van der Waals surface area contributed by atoms with Gasteiger partial charge < -0.3 is 19.9 Å². The van der Waals surface area contributed by atoms with Crippen molar-refractivity contribution in [2.45, 2.75) is 20.0 Å². The third kappa shape index (κ3) is 2.74. The summed E-state index contributed by atoms with van der Waals surface area (Å²) in [6, 6.07) is 3.72. The van der Waals surface area contributed by atoms with Crippen molar-refractivity contribution in [1.29, 1.82) is 0 Å². The van der Waals surface area contributed by atoms with Crippen LogP contribution in [-0.2, 0) is 7.05 Å². The highest BCUT2D eigenvalue weighted by Gasteiger charge is 2.21. The van der Waals surface area contributed by atoms with E-state index in [0.717, 1.165) is 11.1 Å². The van der Waals surface area contributed by atoms with E-state index in [-0.39, 0.29) is 6.10 Å². The Morgan fingerprint density at radius 3 is 2.29 bits per heavy atom. The summed E-state index contributed by atoms with van der Waals surface area (Å²) in [7, 11) is 4.97. The van der Waals surface area contributed by atoms with E-state index in [1.807, 2.05) is 26.0 Å². The number of benzene rings is 1. The van der Waals surface area contributed by atoms with Gasteiger partial charge in [-0.15, -0.1) is 0 Å². The Hall–Kier alpha value is -2.37.